The second-order valence-electron chi connectivity index (χ2n) is 7.09. The molecule has 0 radical (unpaired) electrons. The smallest absolute Gasteiger partial charge is 0.415 e. The van der Waals surface area contributed by atoms with Crippen LogP contribution in [0.5, 0.6) is 0 Å². The number of aliphatic hydroxyl groups is 1. The minimum absolute atomic E-state index is 0.0405. The van der Waals surface area contributed by atoms with E-state index in [-0.39, 0.29) is 12.7 Å². The number of nitrogens with zero attached hydrogens (tertiary/aromatic N) is 1. The van der Waals surface area contributed by atoms with Crippen LogP contribution < -0.4 is 4.90 Å². The van der Waals surface area contributed by atoms with Crippen molar-refractivity contribution in [3.05, 3.63) is 30.3 Å². The van der Waals surface area contributed by atoms with Crippen LogP contribution >= 0.6 is 0 Å². The Labute approximate surface area is 133 Å². The van der Waals surface area contributed by atoms with Crippen LogP contribution in [0.25, 0.3) is 0 Å². The Morgan fingerprint density at radius 1 is 1.18 bits per heavy atom. The van der Waals surface area contributed by atoms with Crippen molar-refractivity contribution >= 4 is 11.8 Å². The maximum Gasteiger partial charge on any atom is 0.415 e. The number of para-hydroxylation sites is 1. The van der Waals surface area contributed by atoms with E-state index in [4.69, 9.17) is 4.74 Å². The van der Waals surface area contributed by atoms with Crippen LogP contribution in [0.3, 0.4) is 0 Å². The first-order valence-electron chi connectivity index (χ1n) is 8.07. The number of carbonyl (C=O) groups is 1. The molecule has 1 aromatic carbocycles. The Morgan fingerprint density at radius 2 is 1.77 bits per heavy atom. The molecule has 0 spiro atoms. The molecule has 0 aromatic heterocycles. The maximum absolute atomic E-state index is 12.8. The molecule has 1 aliphatic rings. The predicted octanol–water partition coefficient (Wildman–Crippen LogP) is 4.12. The van der Waals surface area contributed by atoms with E-state index in [2.05, 4.69) is 0 Å². The summed E-state index contributed by atoms with van der Waals surface area (Å²) >= 11 is 0. The van der Waals surface area contributed by atoms with Crippen LogP contribution in [0.2, 0.25) is 0 Å². The van der Waals surface area contributed by atoms with Gasteiger partial charge < -0.3 is 9.84 Å². The molecule has 0 atom stereocenters. The number of carbonyl (C=O) groups excluding carboxylic acids is 1. The molecule has 0 bridgehead atoms. The molecule has 1 fully saturated rings. The summed E-state index contributed by atoms with van der Waals surface area (Å²) in [5.41, 5.74) is -0.329. The first kappa shape index (κ1) is 16.8. The monoisotopic (exact) mass is 305 g/mol. The summed E-state index contributed by atoms with van der Waals surface area (Å²) in [6.07, 6.45) is 4.42. The zero-order valence-electron chi connectivity index (χ0n) is 13.8. The van der Waals surface area contributed by atoms with E-state index in [0.717, 1.165) is 37.8 Å². The zero-order chi connectivity index (χ0) is 16.2. The lowest BCUT2D eigenvalue weighted by Crippen LogP contribution is -2.57. The number of anilines is 1. The van der Waals surface area contributed by atoms with E-state index < -0.39 is 11.1 Å². The van der Waals surface area contributed by atoms with Gasteiger partial charge in [-0.1, -0.05) is 37.5 Å². The lowest BCUT2D eigenvalue weighted by atomic mass is 9.80. The minimum atomic E-state index is -0.560. The third-order valence-electron chi connectivity index (χ3n) is 4.14. The van der Waals surface area contributed by atoms with Gasteiger partial charge in [0, 0.05) is 5.69 Å². The fraction of sp³-hybridized carbons (Fsp3) is 0.611. The van der Waals surface area contributed by atoms with Crippen molar-refractivity contribution in [2.45, 2.75) is 64.0 Å². The highest BCUT2D eigenvalue weighted by molar-refractivity contribution is 5.89. The second-order valence-corrected chi connectivity index (χ2v) is 7.09. The van der Waals surface area contributed by atoms with E-state index in [1.165, 1.54) is 0 Å². The van der Waals surface area contributed by atoms with Crippen molar-refractivity contribution in [2.75, 3.05) is 11.5 Å². The van der Waals surface area contributed by atoms with E-state index >= 15 is 0 Å². The van der Waals surface area contributed by atoms with Crippen molar-refractivity contribution < 1.29 is 14.6 Å². The molecule has 1 N–H and O–H groups in total. The average Bonchev–Trinajstić information content (AvgIpc) is 2.47. The third kappa shape index (κ3) is 3.80. The first-order valence-corrected chi connectivity index (χ1v) is 8.07. The van der Waals surface area contributed by atoms with Gasteiger partial charge in [0.25, 0.3) is 0 Å². The molecule has 0 saturated heterocycles. The Kier molecular flexibility index (Phi) is 5.12. The largest absolute Gasteiger partial charge is 0.443 e. The highest BCUT2D eigenvalue weighted by Crippen LogP contribution is 2.37. The lowest BCUT2D eigenvalue weighted by Gasteiger charge is -2.45. The SMILES string of the molecule is CC(C)(C)OC(=O)N(c1ccccc1)C1(CO)CCCCC1. The number of hydrogen-bond acceptors (Lipinski definition) is 3. The molecule has 0 heterocycles. The normalized spacial score (nSPS) is 17.8. The Morgan fingerprint density at radius 3 is 2.27 bits per heavy atom. The van der Waals surface area contributed by atoms with Gasteiger partial charge in [0.1, 0.15) is 5.60 Å². The highest BCUT2D eigenvalue weighted by Gasteiger charge is 2.43. The number of aliphatic hydroxyl groups excluding tert-OH is 1. The Bertz CT molecular complexity index is 487. The number of rotatable bonds is 3. The van der Waals surface area contributed by atoms with Crippen LogP contribution in [0.15, 0.2) is 30.3 Å². The van der Waals surface area contributed by atoms with E-state index in [1.807, 2.05) is 51.1 Å². The van der Waals surface area contributed by atoms with Gasteiger partial charge in [0.05, 0.1) is 12.1 Å². The molecule has 1 amide bonds. The molecular formula is C18H27NO3. The summed E-state index contributed by atoms with van der Waals surface area (Å²) in [7, 11) is 0. The van der Waals surface area contributed by atoms with Crippen molar-refractivity contribution in [1.29, 1.82) is 0 Å². The van der Waals surface area contributed by atoms with Gasteiger partial charge in [-0.2, -0.15) is 0 Å². The molecular weight excluding hydrogens is 278 g/mol. The topological polar surface area (TPSA) is 49.8 Å². The van der Waals surface area contributed by atoms with Gasteiger partial charge in [-0.05, 0) is 45.7 Å². The molecule has 4 heteroatoms. The van der Waals surface area contributed by atoms with Crippen LogP contribution in [-0.4, -0.2) is 28.9 Å². The third-order valence-corrected chi connectivity index (χ3v) is 4.14. The summed E-state index contributed by atoms with van der Waals surface area (Å²) in [5.74, 6) is 0. The first-order chi connectivity index (χ1) is 10.4. The van der Waals surface area contributed by atoms with Gasteiger partial charge in [0.2, 0.25) is 0 Å². The molecule has 1 aliphatic carbocycles. The van der Waals surface area contributed by atoms with Crippen molar-refractivity contribution in [3.63, 3.8) is 0 Å². The summed E-state index contributed by atoms with van der Waals surface area (Å²) in [6, 6.07) is 9.52. The summed E-state index contributed by atoms with van der Waals surface area (Å²) in [5, 5.41) is 10.1. The van der Waals surface area contributed by atoms with Gasteiger partial charge >= 0.3 is 6.09 Å². The molecule has 0 unspecified atom stereocenters. The number of amides is 1. The molecule has 1 saturated carbocycles. The van der Waals surface area contributed by atoms with Crippen LogP contribution in [0, 0.1) is 0 Å². The average molecular weight is 305 g/mol. The quantitative estimate of drug-likeness (QED) is 0.913. The Balaban J connectivity index is 2.38. The van der Waals surface area contributed by atoms with Crippen LogP contribution in [0.1, 0.15) is 52.9 Å². The van der Waals surface area contributed by atoms with Crippen molar-refractivity contribution in [3.8, 4) is 0 Å². The summed E-state index contributed by atoms with van der Waals surface area (Å²) < 4.78 is 5.61. The maximum atomic E-state index is 12.8. The molecule has 2 rings (SSSR count). The van der Waals surface area contributed by atoms with E-state index in [9.17, 15) is 9.90 Å². The fourth-order valence-corrected chi connectivity index (χ4v) is 3.12. The summed E-state index contributed by atoms with van der Waals surface area (Å²) in [6.45, 7) is 5.54. The number of ether oxygens (including phenoxy) is 1. The van der Waals surface area contributed by atoms with Crippen molar-refractivity contribution in [2.24, 2.45) is 0 Å². The van der Waals surface area contributed by atoms with E-state index in [1.54, 1.807) is 4.90 Å². The molecule has 0 aliphatic heterocycles. The fourth-order valence-electron chi connectivity index (χ4n) is 3.12. The predicted molar refractivity (Wildman–Crippen MR) is 88.1 cm³/mol. The van der Waals surface area contributed by atoms with Crippen LogP contribution in [-0.2, 0) is 4.74 Å². The molecule has 4 nitrogen and oxygen atoms in total. The molecule has 1 aromatic rings. The summed E-state index contributed by atoms with van der Waals surface area (Å²) in [4.78, 5) is 14.5. The van der Waals surface area contributed by atoms with Gasteiger partial charge in [-0.15, -0.1) is 0 Å². The van der Waals surface area contributed by atoms with Crippen molar-refractivity contribution in [1.82, 2.24) is 0 Å². The van der Waals surface area contributed by atoms with Gasteiger partial charge in [0.15, 0.2) is 0 Å². The van der Waals surface area contributed by atoms with Gasteiger partial charge in [-0.25, -0.2) is 4.79 Å². The lowest BCUT2D eigenvalue weighted by molar-refractivity contribution is 0.0462. The second kappa shape index (κ2) is 6.69. The highest BCUT2D eigenvalue weighted by atomic mass is 16.6. The Hall–Kier alpha value is -1.55. The number of benzene rings is 1. The van der Waals surface area contributed by atoms with E-state index in [0.29, 0.717) is 0 Å². The number of hydrogen-bond donors (Lipinski definition) is 1. The van der Waals surface area contributed by atoms with Crippen LogP contribution in [0.4, 0.5) is 10.5 Å². The standard InChI is InChI=1S/C18H27NO3/c1-17(2,3)22-16(21)19(15-10-6-4-7-11-15)18(14-20)12-8-5-9-13-18/h4,6-7,10-11,20H,5,8-9,12-14H2,1-3H3. The molecule has 22 heavy (non-hydrogen) atoms. The molecule has 122 valence electrons. The zero-order valence-corrected chi connectivity index (χ0v) is 13.8. The van der Waals surface area contributed by atoms with Gasteiger partial charge in [-0.3, -0.25) is 4.90 Å². The minimum Gasteiger partial charge on any atom is -0.443 e.